The molecule has 1 saturated heterocycles. The summed E-state index contributed by atoms with van der Waals surface area (Å²) >= 11 is 0. The van der Waals surface area contributed by atoms with Gasteiger partial charge >= 0.3 is 12.1 Å². The highest BCUT2D eigenvalue weighted by atomic mass is 16.5. The number of amides is 2. The Kier molecular flexibility index (Phi) is 6.64. The Hall–Kier alpha value is -3.35. The van der Waals surface area contributed by atoms with Crippen LogP contribution in [0.1, 0.15) is 50.7 Å². The lowest BCUT2D eigenvalue weighted by Crippen LogP contribution is -2.49. The molecule has 7 heteroatoms. The van der Waals surface area contributed by atoms with E-state index in [2.05, 4.69) is 29.6 Å². The topological polar surface area (TPSA) is 95.9 Å². The van der Waals surface area contributed by atoms with Gasteiger partial charge in [0.05, 0.1) is 5.41 Å². The molecular formula is C27H32N2O5. The third-order valence-electron chi connectivity index (χ3n) is 7.41. The molecule has 0 radical (unpaired) electrons. The molecule has 180 valence electrons. The van der Waals surface area contributed by atoms with Crippen LogP contribution in [0.15, 0.2) is 48.5 Å². The number of nitrogens with one attached hydrogen (secondary N) is 1. The van der Waals surface area contributed by atoms with Crippen LogP contribution in [0.5, 0.6) is 0 Å². The molecular weight excluding hydrogens is 432 g/mol. The van der Waals surface area contributed by atoms with Gasteiger partial charge in [-0.1, -0.05) is 68.8 Å². The number of carbonyl (C=O) groups excluding carboxylic acids is 2. The Morgan fingerprint density at radius 2 is 1.71 bits per heavy atom. The number of hydrogen-bond acceptors (Lipinski definition) is 4. The monoisotopic (exact) mass is 464 g/mol. The number of aliphatic carboxylic acids is 1. The second-order valence-electron chi connectivity index (χ2n) is 9.65. The van der Waals surface area contributed by atoms with Gasteiger partial charge in [0.1, 0.15) is 12.6 Å². The van der Waals surface area contributed by atoms with Crippen molar-refractivity contribution in [2.24, 2.45) is 11.3 Å². The van der Waals surface area contributed by atoms with E-state index in [1.807, 2.05) is 38.1 Å². The van der Waals surface area contributed by atoms with Crippen LogP contribution in [0.4, 0.5) is 4.79 Å². The number of benzene rings is 2. The number of nitrogens with zero attached hydrogens (tertiary/aromatic N) is 1. The van der Waals surface area contributed by atoms with E-state index >= 15 is 0 Å². The zero-order valence-electron chi connectivity index (χ0n) is 19.9. The summed E-state index contributed by atoms with van der Waals surface area (Å²) in [7, 11) is 0. The van der Waals surface area contributed by atoms with Crippen molar-refractivity contribution in [2.45, 2.75) is 45.6 Å². The van der Waals surface area contributed by atoms with Crippen molar-refractivity contribution in [3.05, 3.63) is 59.7 Å². The number of likely N-dealkylation sites (tertiary alicyclic amines) is 1. The number of rotatable bonds is 7. The van der Waals surface area contributed by atoms with E-state index < -0.39 is 23.5 Å². The van der Waals surface area contributed by atoms with Crippen LogP contribution >= 0.6 is 0 Å². The molecule has 0 unspecified atom stereocenters. The van der Waals surface area contributed by atoms with Crippen molar-refractivity contribution in [3.8, 4) is 11.1 Å². The quantitative estimate of drug-likeness (QED) is 0.638. The third kappa shape index (κ3) is 4.27. The minimum atomic E-state index is -0.990. The van der Waals surface area contributed by atoms with Crippen molar-refractivity contribution in [2.75, 3.05) is 19.7 Å². The molecule has 4 rings (SSSR count). The first kappa shape index (κ1) is 23.8. The molecule has 1 aliphatic carbocycles. The van der Waals surface area contributed by atoms with E-state index in [9.17, 15) is 19.5 Å². The maximum atomic E-state index is 13.2. The number of hydrogen-bond donors (Lipinski definition) is 2. The van der Waals surface area contributed by atoms with Gasteiger partial charge in [-0.2, -0.15) is 0 Å². The Morgan fingerprint density at radius 1 is 1.12 bits per heavy atom. The summed E-state index contributed by atoms with van der Waals surface area (Å²) < 4.78 is 5.61. The average Bonchev–Trinajstić information content (AvgIpc) is 3.32. The van der Waals surface area contributed by atoms with Crippen molar-refractivity contribution in [3.63, 3.8) is 0 Å². The predicted octanol–water partition coefficient (Wildman–Crippen LogP) is 4.26. The first-order valence-corrected chi connectivity index (χ1v) is 11.9. The largest absolute Gasteiger partial charge is 0.481 e. The first-order chi connectivity index (χ1) is 16.3. The molecule has 0 saturated carbocycles. The highest BCUT2D eigenvalue weighted by Gasteiger charge is 2.48. The molecule has 2 aromatic rings. The van der Waals surface area contributed by atoms with E-state index in [0.29, 0.717) is 19.4 Å². The van der Waals surface area contributed by atoms with Crippen molar-refractivity contribution < 1.29 is 24.2 Å². The van der Waals surface area contributed by atoms with Gasteiger partial charge in [0, 0.05) is 19.0 Å². The van der Waals surface area contributed by atoms with Crippen molar-refractivity contribution >= 4 is 18.0 Å². The Labute approximate surface area is 200 Å². The fraction of sp³-hybridized carbons (Fsp3) is 0.444. The van der Waals surface area contributed by atoms with Crippen molar-refractivity contribution in [1.29, 1.82) is 0 Å². The summed E-state index contributed by atoms with van der Waals surface area (Å²) in [6, 6.07) is 15.5. The summed E-state index contributed by atoms with van der Waals surface area (Å²) in [4.78, 5) is 39.2. The number of ether oxygens (including phenoxy) is 1. The fourth-order valence-corrected chi connectivity index (χ4v) is 5.14. The first-order valence-electron chi connectivity index (χ1n) is 11.9. The van der Waals surface area contributed by atoms with Crippen LogP contribution in [0, 0.1) is 11.3 Å². The second kappa shape index (κ2) is 9.49. The highest BCUT2D eigenvalue weighted by Crippen LogP contribution is 2.44. The molecule has 3 atom stereocenters. The summed E-state index contributed by atoms with van der Waals surface area (Å²) in [6.45, 7) is 6.11. The van der Waals surface area contributed by atoms with Gasteiger partial charge in [0.25, 0.3) is 0 Å². The zero-order chi connectivity index (χ0) is 24.5. The third-order valence-corrected chi connectivity index (χ3v) is 7.41. The van der Waals surface area contributed by atoms with E-state index in [-0.39, 0.29) is 30.9 Å². The minimum Gasteiger partial charge on any atom is -0.481 e. The summed E-state index contributed by atoms with van der Waals surface area (Å²) in [5.41, 5.74) is 3.55. The minimum absolute atomic E-state index is 0.0609. The molecule has 2 amide bonds. The zero-order valence-corrected chi connectivity index (χ0v) is 19.9. The Bertz CT molecular complexity index is 1050. The molecule has 0 aromatic heterocycles. The van der Waals surface area contributed by atoms with E-state index in [1.165, 1.54) is 0 Å². The number of fused-ring (bicyclic) bond motifs is 3. The maximum Gasteiger partial charge on any atom is 0.407 e. The summed E-state index contributed by atoms with van der Waals surface area (Å²) in [5.74, 6) is -1.40. The van der Waals surface area contributed by atoms with Crippen molar-refractivity contribution in [1.82, 2.24) is 10.2 Å². The van der Waals surface area contributed by atoms with Gasteiger partial charge in [-0.15, -0.1) is 0 Å². The van der Waals surface area contributed by atoms with Crippen LogP contribution in [-0.4, -0.2) is 53.7 Å². The van der Waals surface area contributed by atoms with Crippen LogP contribution in [0.2, 0.25) is 0 Å². The number of carboxylic acid groups (broad SMARTS) is 1. The standard InChI is InChI=1S/C27H32N2O5/c1-4-9-23(24(30)29-14-17(2)27(3,16-29)25(31)32)28-26(33)34-15-22-20-12-7-5-10-18(20)19-11-6-8-13-21(19)22/h5-8,10-13,17,22-23H,4,9,14-16H2,1-3H3,(H,28,33)(H,31,32)/t17-,23+,27-/m0/s1. The number of carboxylic acids is 1. The van der Waals surface area contributed by atoms with Crippen LogP contribution in [0.25, 0.3) is 11.1 Å². The highest BCUT2D eigenvalue weighted by molar-refractivity contribution is 5.87. The SMILES string of the molecule is CCC[C@@H](NC(=O)OCC1c2ccccc2-c2ccccc21)C(=O)N1C[C@H](C)[C@@](C)(C(=O)O)C1. The summed E-state index contributed by atoms with van der Waals surface area (Å²) in [5, 5.41) is 12.4. The van der Waals surface area contributed by atoms with Gasteiger partial charge in [-0.3, -0.25) is 9.59 Å². The molecule has 34 heavy (non-hydrogen) atoms. The normalized spacial score (nSPS) is 22.1. The molecule has 1 heterocycles. The van der Waals surface area contributed by atoms with Gasteiger partial charge in [-0.05, 0) is 41.5 Å². The van der Waals surface area contributed by atoms with Gasteiger partial charge < -0.3 is 20.1 Å². The molecule has 1 fully saturated rings. The second-order valence-corrected chi connectivity index (χ2v) is 9.65. The molecule has 7 nitrogen and oxygen atoms in total. The molecule has 2 aliphatic rings. The molecule has 1 aliphatic heterocycles. The number of alkyl carbamates (subject to hydrolysis) is 1. The van der Waals surface area contributed by atoms with Crippen LogP contribution in [0.3, 0.4) is 0 Å². The molecule has 0 spiro atoms. The lowest BCUT2D eigenvalue weighted by atomic mass is 9.81. The van der Waals surface area contributed by atoms with E-state index in [4.69, 9.17) is 4.74 Å². The van der Waals surface area contributed by atoms with E-state index in [1.54, 1.807) is 11.8 Å². The van der Waals surface area contributed by atoms with E-state index in [0.717, 1.165) is 22.3 Å². The van der Waals surface area contributed by atoms with Crippen LogP contribution < -0.4 is 5.32 Å². The van der Waals surface area contributed by atoms with Gasteiger partial charge in [0.15, 0.2) is 0 Å². The Morgan fingerprint density at radius 3 is 2.24 bits per heavy atom. The average molecular weight is 465 g/mol. The molecule has 2 N–H and O–H groups in total. The Balaban J connectivity index is 1.41. The predicted molar refractivity (Wildman–Crippen MR) is 128 cm³/mol. The number of carbonyl (C=O) groups is 3. The summed E-state index contributed by atoms with van der Waals surface area (Å²) in [6.07, 6.45) is 0.513. The lowest BCUT2D eigenvalue weighted by molar-refractivity contribution is -0.149. The van der Waals surface area contributed by atoms with Gasteiger partial charge in [0.2, 0.25) is 5.91 Å². The molecule has 2 aromatic carbocycles. The smallest absolute Gasteiger partial charge is 0.407 e. The maximum absolute atomic E-state index is 13.2. The van der Waals surface area contributed by atoms with Gasteiger partial charge in [-0.25, -0.2) is 4.79 Å². The lowest BCUT2D eigenvalue weighted by Gasteiger charge is -2.25. The molecule has 0 bridgehead atoms. The van der Waals surface area contributed by atoms with Crippen LogP contribution in [-0.2, 0) is 14.3 Å². The fourth-order valence-electron chi connectivity index (χ4n) is 5.14.